The highest BCUT2D eigenvalue weighted by atomic mass is 16.5. The summed E-state index contributed by atoms with van der Waals surface area (Å²) in [5, 5.41) is 0. The molecular weight excluding hydrogens is 587 g/mol. The number of rotatable bonds is 36. The highest BCUT2D eigenvalue weighted by molar-refractivity contribution is 5.43. The zero-order chi connectivity index (χ0) is 34.6. The molecule has 0 spiro atoms. The van der Waals surface area contributed by atoms with Crippen molar-refractivity contribution in [1.29, 1.82) is 0 Å². The fourth-order valence-electron chi connectivity index (χ4n) is 6.31. The van der Waals surface area contributed by atoms with Crippen LogP contribution in [0.4, 0.5) is 0 Å². The smallest absolute Gasteiger partial charge is 0.161 e. The summed E-state index contributed by atoms with van der Waals surface area (Å²) < 4.78 is 12.6. The van der Waals surface area contributed by atoms with Crippen molar-refractivity contribution in [3.63, 3.8) is 0 Å². The average molecular weight is 668 g/mol. The first-order valence-corrected chi connectivity index (χ1v) is 21.0. The van der Waals surface area contributed by atoms with Gasteiger partial charge in [0.1, 0.15) is 0 Å². The van der Waals surface area contributed by atoms with Crippen molar-refractivity contribution >= 4 is 0 Å². The minimum atomic E-state index is 0.775. The fourth-order valence-corrected chi connectivity index (χ4v) is 6.31. The molecule has 0 saturated carbocycles. The third-order valence-electron chi connectivity index (χ3n) is 9.33. The summed E-state index contributed by atoms with van der Waals surface area (Å²) in [6.07, 6.45) is 46.8. The maximum absolute atomic E-state index is 6.30. The van der Waals surface area contributed by atoms with Gasteiger partial charge in [-0.05, 0) is 96.0 Å². The lowest BCUT2D eigenvalue weighted by molar-refractivity contribution is 0.257. The van der Waals surface area contributed by atoms with Crippen LogP contribution in [0.2, 0.25) is 0 Å². The van der Waals surface area contributed by atoms with Crippen LogP contribution in [0.5, 0.6) is 11.5 Å². The van der Waals surface area contributed by atoms with E-state index in [4.69, 9.17) is 9.47 Å². The third kappa shape index (κ3) is 29.2. The lowest BCUT2D eigenvalue weighted by atomic mass is 10.1. The Labute approximate surface area is 300 Å². The monoisotopic (exact) mass is 668 g/mol. The molecule has 0 bridgehead atoms. The van der Waals surface area contributed by atoms with E-state index in [1.54, 1.807) is 0 Å². The van der Waals surface area contributed by atoms with E-state index in [9.17, 15) is 0 Å². The van der Waals surface area contributed by atoms with Gasteiger partial charge >= 0.3 is 0 Å². The van der Waals surface area contributed by atoms with Crippen molar-refractivity contribution in [1.82, 2.24) is 4.90 Å². The lowest BCUT2D eigenvalue weighted by Crippen LogP contribution is -2.11. The van der Waals surface area contributed by atoms with Crippen molar-refractivity contribution in [3.05, 3.63) is 48.1 Å². The molecule has 0 aliphatic rings. The number of nitrogens with zero attached hydrogens (tertiary/aromatic N) is 1. The van der Waals surface area contributed by atoms with Crippen LogP contribution >= 0.6 is 0 Å². The number of hydrogen-bond acceptors (Lipinski definition) is 3. The molecule has 0 N–H and O–H groups in total. The second kappa shape index (κ2) is 35.1. The van der Waals surface area contributed by atoms with Gasteiger partial charge in [-0.1, -0.05) is 160 Å². The van der Waals surface area contributed by atoms with Gasteiger partial charge in [-0.2, -0.15) is 0 Å². The summed E-state index contributed by atoms with van der Waals surface area (Å²) >= 11 is 0. The number of benzene rings is 1. The standard InChI is InChI=1S/C45H81NO2/c1-5-7-9-11-13-15-17-19-21-23-25-27-29-31-33-35-39-47-44-38-37-43(42-46(3)4)41-45(44)48-40-36-34-32-30-28-26-24-22-20-18-16-14-12-10-8-6-2/h19-22,37-38,41H,5-18,23-36,39-40,42H2,1-4H3/b21-19-,22-20-. The van der Waals surface area contributed by atoms with E-state index < -0.39 is 0 Å². The highest BCUT2D eigenvalue weighted by Gasteiger charge is 2.08. The van der Waals surface area contributed by atoms with E-state index >= 15 is 0 Å². The Morgan fingerprint density at radius 1 is 0.438 bits per heavy atom. The van der Waals surface area contributed by atoms with Gasteiger partial charge in [-0.15, -0.1) is 0 Å². The molecule has 0 radical (unpaired) electrons. The third-order valence-corrected chi connectivity index (χ3v) is 9.33. The molecule has 0 amide bonds. The molecule has 0 atom stereocenters. The predicted octanol–water partition coefficient (Wildman–Crippen LogP) is 14.6. The summed E-state index contributed by atoms with van der Waals surface area (Å²) in [6.45, 7) is 7.05. The molecule has 0 aliphatic heterocycles. The SMILES string of the molecule is CCCCCCCC/C=C\CCCCCCCCOc1ccc(CN(C)C)cc1OCCCCCCCC/C=C\CCCCCCCC. The topological polar surface area (TPSA) is 21.7 Å². The zero-order valence-corrected chi connectivity index (χ0v) is 32.7. The second-order valence-electron chi connectivity index (χ2n) is 14.6. The number of allylic oxidation sites excluding steroid dienone is 4. The van der Waals surface area contributed by atoms with Gasteiger partial charge in [0.2, 0.25) is 0 Å². The molecule has 1 rings (SSSR count). The Morgan fingerprint density at radius 2 is 0.792 bits per heavy atom. The van der Waals surface area contributed by atoms with E-state index in [0.717, 1.165) is 44.1 Å². The molecule has 278 valence electrons. The van der Waals surface area contributed by atoms with Gasteiger partial charge < -0.3 is 14.4 Å². The molecule has 0 aromatic heterocycles. The molecule has 0 unspecified atom stereocenters. The zero-order valence-electron chi connectivity index (χ0n) is 32.7. The van der Waals surface area contributed by atoms with E-state index in [-0.39, 0.29) is 0 Å². The molecule has 3 nitrogen and oxygen atoms in total. The van der Waals surface area contributed by atoms with Crippen LogP contribution in [-0.2, 0) is 6.54 Å². The van der Waals surface area contributed by atoms with Crippen molar-refractivity contribution in [2.24, 2.45) is 0 Å². The van der Waals surface area contributed by atoms with Crippen LogP contribution in [-0.4, -0.2) is 32.2 Å². The van der Waals surface area contributed by atoms with Gasteiger partial charge in [0.25, 0.3) is 0 Å². The van der Waals surface area contributed by atoms with E-state index in [0.29, 0.717) is 0 Å². The van der Waals surface area contributed by atoms with Crippen LogP contribution < -0.4 is 9.47 Å². The maximum Gasteiger partial charge on any atom is 0.161 e. The van der Waals surface area contributed by atoms with Crippen molar-refractivity contribution in [3.8, 4) is 11.5 Å². The Kier molecular flexibility index (Phi) is 32.4. The number of hydrogen-bond donors (Lipinski definition) is 0. The van der Waals surface area contributed by atoms with E-state index in [1.165, 1.54) is 173 Å². The van der Waals surface area contributed by atoms with Gasteiger partial charge in [0, 0.05) is 6.54 Å². The molecule has 48 heavy (non-hydrogen) atoms. The second-order valence-corrected chi connectivity index (χ2v) is 14.6. The average Bonchev–Trinajstić information content (AvgIpc) is 3.08. The van der Waals surface area contributed by atoms with Crippen LogP contribution in [0.15, 0.2) is 42.5 Å². The van der Waals surface area contributed by atoms with E-state index in [1.807, 2.05) is 0 Å². The molecule has 0 fully saturated rings. The molecule has 1 aromatic carbocycles. The summed E-state index contributed by atoms with van der Waals surface area (Å²) in [5.41, 5.74) is 1.28. The molecule has 3 heteroatoms. The van der Waals surface area contributed by atoms with Gasteiger partial charge in [0.05, 0.1) is 13.2 Å². The molecule has 0 aliphatic carbocycles. The highest BCUT2D eigenvalue weighted by Crippen LogP contribution is 2.29. The number of unbranched alkanes of at least 4 members (excludes halogenated alkanes) is 24. The van der Waals surface area contributed by atoms with Crippen molar-refractivity contribution in [2.75, 3.05) is 27.3 Å². The van der Waals surface area contributed by atoms with Crippen LogP contribution in [0, 0.1) is 0 Å². The summed E-state index contributed by atoms with van der Waals surface area (Å²) in [5.74, 6) is 1.83. The quantitative estimate of drug-likeness (QED) is 0.0525. The summed E-state index contributed by atoms with van der Waals surface area (Å²) in [4.78, 5) is 2.21. The Morgan fingerprint density at radius 3 is 1.19 bits per heavy atom. The van der Waals surface area contributed by atoms with Crippen LogP contribution in [0.1, 0.15) is 199 Å². The Balaban J connectivity index is 2.12. The lowest BCUT2D eigenvalue weighted by Gasteiger charge is -2.16. The predicted molar refractivity (Wildman–Crippen MR) is 214 cm³/mol. The maximum atomic E-state index is 6.30. The molecule has 0 heterocycles. The number of ether oxygens (including phenoxy) is 2. The largest absolute Gasteiger partial charge is 0.490 e. The molecule has 0 saturated heterocycles. The Hall–Kier alpha value is -1.74. The van der Waals surface area contributed by atoms with E-state index in [2.05, 4.69) is 75.3 Å². The first-order chi connectivity index (χ1) is 23.7. The first kappa shape index (κ1) is 44.3. The normalized spacial score (nSPS) is 11.9. The minimum Gasteiger partial charge on any atom is -0.490 e. The van der Waals surface area contributed by atoms with Gasteiger partial charge in [0.15, 0.2) is 11.5 Å². The Bertz CT molecular complexity index is 861. The van der Waals surface area contributed by atoms with Gasteiger partial charge in [-0.3, -0.25) is 0 Å². The minimum absolute atomic E-state index is 0.775. The molecular formula is C45H81NO2. The summed E-state index contributed by atoms with van der Waals surface area (Å²) in [6, 6.07) is 6.50. The van der Waals surface area contributed by atoms with Crippen molar-refractivity contribution < 1.29 is 9.47 Å². The fraction of sp³-hybridized carbons (Fsp3) is 0.778. The van der Waals surface area contributed by atoms with Crippen LogP contribution in [0.25, 0.3) is 0 Å². The molecule has 1 aromatic rings. The van der Waals surface area contributed by atoms with Gasteiger partial charge in [-0.25, -0.2) is 0 Å². The van der Waals surface area contributed by atoms with Crippen molar-refractivity contribution in [2.45, 2.75) is 200 Å². The summed E-state index contributed by atoms with van der Waals surface area (Å²) in [7, 11) is 4.23. The first-order valence-electron chi connectivity index (χ1n) is 21.0. The van der Waals surface area contributed by atoms with Crippen LogP contribution in [0.3, 0.4) is 0 Å².